The molecular formula is C18H25ClN6O2S. The monoisotopic (exact) mass is 424 g/mol. The first-order chi connectivity index (χ1) is 13.5. The second-order valence-corrected chi connectivity index (χ2v) is 9.82. The molecule has 2 N–H and O–H groups in total. The quantitative estimate of drug-likeness (QED) is 0.566. The van der Waals surface area contributed by atoms with E-state index < -0.39 is 11.3 Å². The Morgan fingerprint density at radius 1 is 1.36 bits per heavy atom. The first-order valence-electron chi connectivity index (χ1n) is 9.86. The molecule has 0 bridgehead atoms. The van der Waals surface area contributed by atoms with Crippen LogP contribution in [0.25, 0.3) is 5.52 Å². The summed E-state index contributed by atoms with van der Waals surface area (Å²) in [6.07, 6.45) is 7.97. The van der Waals surface area contributed by atoms with Crippen molar-refractivity contribution in [2.24, 2.45) is 5.41 Å². The van der Waals surface area contributed by atoms with E-state index in [1.54, 1.807) is 15.3 Å². The number of aryl methyl sites for hydroxylation is 1. The number of halogens is 1. The van der Waals surface area contributed by atoms with Gasteiger partial charge in [0.15, 0.2) is 5.82 Å². The van der Waals surface area contributed by atoms with Gasteiger partial charge in [-0.25, -0.2) is 19.1 Å². The third-order valence-electron chi connectivity index (χ3n) is 6.54. The molecule has 1 unspecified atom stereocenters. The Morgan fingerprint density at radius 2 is 2.07 bits per heavy atom. The molecule has 2 saturated carbocycles. The van der Waals surface area contributed by atoms with E-state index >= 15 is 0 Å². The molecule has 2 aromatic heterocycles. The van der Waals surface area contributed by atoms with Crippen molar-refractivity contribution in [3.05, 3.63) is 23.1 Å². The number of nitrogens with one attached hydrogen (secondary N) is 1. The van der Waals surface area contributed by atoms with Crippen LogP contribution in [0.4, 0.5) is 5.82 Å². The summed E-state index contributed by atoms with van der Waals surface area (Å²) in [6.45, 7) is 3.84. The Morgan fingerprint density at radius 3 is 2.75 bits per heavy atom. The number of anilines is 1. The summed E-state index contributed by atoms with van der Waals surface area (Å²) < 4.78 is 24.9. The van der Waals surface area contributed by atoms with Crippen LogP contribution >= 0.6 is 11.6 Å². The minimum Gasteiger partial charge on any atom is -0.354 e. The number of nitrogens with zero attached hydrogens (tertiary/aromatic N) is 5. The highest BCUT2D eigenvalue weighted by Crippen LogP contribution is 2.51. The third-order valence-corrected chi connectivity index (χ3v) is 7.55. The van der Waals surface area contributed by atoms with Crippen LogP contribution in [-0.4, -0.2) is 52.9 Å². The number of aromatic nitrogens is 3. The molecule has 10 heteroatoms. The average molecular weight is 425 g/mol. The molecule has 1 atom stereocenters. The normalized spacial score (nSPS) is 23.5. The fourth-order valence-corrected chi connectivity index (χ4v) is 6.12. The van der Waals surface area contributed by atoms with Crippen LogP contribution in [-0.2, 0) is 11.3 Å². The zero-order chi connectivity index (χ0) is 19.5. The number of hydrogen-bond acceptors (Lipinski definition) is 5. The van der Waals surface area contributed by atoms with E-state index in [0.717, 1.165) is 55.7 Å². The average Bonchev–Trinajstić information content (AvgIpc) is 3.20. The van der Waals surface area contributed by atoms with Crippen molar-refractivity contribution in [2.45, 2.75) is 57.5 Å². The van der Waals surface area contributed by atoms with Crippen molar-refractivity contribution < 1.29 is 8.76 Å². The molecule has 8 nitrogen and oxygen atoms in total. The maximum absolute atomic E-state index is 11.8. The zero-order valence-electron chi connectivity index (χ0n) is 15.8. The molecule has 1 spiro atoms. The van der Waals surface area contributed by atoms with Gasteiger partial charge < -0.3 is 4.90 Å². The van der Waals surface area contributed by atoms with Gasteiger partial charge in [-0.15, -0.1) is 4.41 Å². The Labute approximate surface area is 171 Å². The number of fused-ring (bicyclic) bond motifs is 1. The van der Waals surface area contributed by atoms with Crippen molar-refractivity contribution in [1.82, 2.24) is 24.4 Å². The summed E-state index contributed by atoms with van der Waals surface area (Å²) in [6, 6.07) is 2.36. The van der Waals surface area contributed by atoms with Crippen molar-refractivity contribution in [1.29, 1.82) is 0 Å². The van der Waals surface area contributed by atoms with E-state index in [0.29, 0.717) is 11.2 Å². The van der Waals surface area contributed by atoms with E-state index in [-0.39, 0.29) is 11.5 Å². The number of rotatable bonds is 5. The van der Waals surface area contributed by atoms with Gasteiger partial charge in [-0.1, -0.05) is 24.4 Å². The molecule has 0 amide bonds. The van der Waals surface area contributed by atoms with Gasteiger partial charge in [0.2, 0.25) is 11.3 Å². The number of hydrogen-bond donors (Lipinski definition) is 2. The summed E-state index contributed by atoms with van der Waals surface area (Å²) >= 11 is 4.27. The van der Waals surface area contributed by atoms with E-state index in [9.17, 15) is 8.76 Å². The van der Waals surface area contributed by atoms with Gasteiger partial charge in [0.25, 0.3) is 0 Å². The SMILES string of the molecule is Cc1cc(Cl)n2ncnc(N3CC4(CC(N(NC5CCCC5)S(=O)O)C4)C3)c12. The molecule has 2 aliphatic carbocycles. The predicted molar refractivity (Wildman–Crippen MR) is 108 cm³/mol. The molecule has 1 aliphatic heterocycles. The maximum atomic E-state index is 11.8. The van der Waals surface area contributed by atoms with Gasteiger partial charge in [0.05, 0.1) is 0 Å². The van der Waals surface area contributed by atoms with Crippen molar-refractivity contribution in [2.75, 3.05) is 18.0 Å². The van der Waals surface area contributed by atoms with E-state index in [2.05, 4.69) is 20.4 Å². The molecule has 3 fully saturated rings. The van der Waals surface area contributed by atoms with Crippen LogP contribution in [0.3, 0.4) is 0 Å². The van der Waals surface area contributed by atoms with Crippen LogP contribution in [0, 0.1) is 12.3 Å². The highest BCUT2D eigenvalue weighted by Gasteiger charge is 2.55. The fourth-order valence-electron chi connectivity index (χ4n) is 5.18. The Hall–Kier alpha value is -1.26. The highest BCUT2D eigenvalue weighted by atomic mass is 35.5. The van der Waals surface area contributed by atoms with Gasteiger partial charge in [-0.2, -0.15) is 5.10 Å². The Bertz CT molecular complexity index is 916. The van der Waals surface area contributed by atoms with Gasteiger partial charge in [0.1, 0.15) is 17.0 Å². The van der Waals surface area contributed by atoms with Crippen LogP contribution in [0.1, 0.15) is 44.1 Å². The van der Waals surface area contributed by atoms with Crippen molar-refractivity contribution in [3.8, 4) is 0 Å². The second-order valence-electron chi connectivity index (χ2n) is 8.58. The van der Waals surface area contributed by atoms with Crippen molar-refractivity contribution >= 4 is 34.2 Å². The topological polar surface area (TPSA) is 86.0 Å². The molecule has 3 aliphatic rings. The molecule has 2 aromatic rings. The largest absolute Gasteiger partial charge is 0.354 e. The minimum atomic E-state index is -1.98. The molecule has 28 heavy (non-hydrogen) atoms. The summed E-state index contributed by atoms with van der Waals surface area (Å²) in [5.74, 6) is 0.917. The summed E-state index contributed by atoms with van der Waals surface area (Å²) in [7, 11) is 0. The van der Waals surface area contributed by atoms with Crippen LogP contribution in [0.15, 0.2) is 12.4 Å². The van der Waals surface area contributed by atoms with Crippen LogP contribution in [0.2, 0.25) is 5.15 Å². The lowest BCUT2D eigenvalue weighted by molar-refractivity contribution is -0.00762. The molecule has 5 rings (SSSR count). The standard InChI is InChI=1S/C18H25ClN6O2S/c1-12-6-15(19)24-16(12)17(20-11-21-24)23-9-18(10-23)7-14(8-18)25(28(26)27)22-13-4-2-3-5-13/h6,11,13-14,22H,2-5,7-10H2,1H3,(H,26,27). The third kappa shape index (κ3) is 3.04. The molecule has 3 heterocycles. The predicted octanol–water partition coefficient (Wildman–Crippen LogP) is 2.55. The molecule has 0 radical (unpaired) electrons. The second kappa shape index (κ2) is 6.91. The maximum Gasteiger partial charge on any atom is 0.249 e. The fraction of sp³-hybridized carbons (Fsp3) is 0.667. The van der Waals surface area contributed by atoms with Gasteiger partial charge in [-0.05, 0) is 44.2 Å². The lowest BCUT2D eigenvalue weighted by Gasteiger charge is -2.60. The smallest absolute Gasteiger partial charge is 0.249 e. The summed E-state index contributed by atoms with van der Waals surface area (Å²) in [5.41, 5.74) is 5.55. The first-order valence-corrected chi connectivity index (χ1v) is 11.3. The molecule has 0 aromatic carbocycles. The van der Waals surface area contributed by atoms with Crippen LogP contribution in [0.5, 0.6) is 0 Å². The lowest BCUT2D eigenvalue weighted by Crippen LogP contribution is -2.68. The Balaban J connectivity index is 1.25. The summed E-state index contributed by atoms with van der Waals surface area (Å²) in [4.78, 5) is 6.77. The van der Waals surface area contributed by atoms with Gasteiger partial charge in [-0.3, -0.25) is 4.55 Å². The highest BCUT2D eigenvalue weighted by molar-refractivity contribution is 7.76. The van der Waals surface area contributed by atoms with Crippen molar-refractivity contribution in [3.63, 3.8) is 0 Å². The first kappa shape index (κ1) is 18.7. The molecule has 152 valence electrons. The minimum absolute atomic E-state index is 0.114. The van der Waals surface area contributed by atoms with Gasteiger partial charge >= 0.3 is 0 Å². The lowest BCUT2D eigenvalue weighted by atomic mass is 9.61. The number of hydrazine groups is 1. The summed E-state index contributed by atoms with van der Waals surface area (Å²) in [5, 5.41) is 4.84. The van der Waals surface area contributed by atoms with E-state index in [4.69, 9.17) is 11.6 Å². The van der Waals surface area contributed by atoms with E-state index in [1.807, 2.05) is 13.0 Å². The van der Waals surface area contributed by atoms with Crippen LogP contribution < -0.4 is 10.3 Å². The van der Waals surface area contributed by atoms with Gasteiger partial charge in [0, 0.05) is 30.6 Å². The zero-order valence-corrected chi connectivity index (χ0v) is 17.4. The Kier molecular flexibility index (Phi) is 4.63. The molecule has 1 saturated heterocycles. The van der Waals surface area contributed by atoms with E-state index in [1.165, 1.54) is 12.8 Å². The molecular weight excluding hydrogens is 400 g/mol.